The molecule has 30 heavy (non-hydrogen) atoms. The largest absolute Gasteiger partial charge is 0.457 e. The number of nitrogens with one attached hydrogen (secondary N) is 2. The van der Waals surface area contributed by atoms with Gasteiger partial charge in [-0.25, -0.2) is 9.88 Å². The summed E-state index contributed by atoms with van der Waals surface area (Å²) in [5.41, 5.74) is 1.27. The van der Waals surface area contributed by atoms with Crippen molar-refractivity contribution in [2.24, 2.45) is 0 Å². The molecule has 0 radical (unpaired) electrons. The lowest BCUT2D eigenvalue weighted by molar-refractivity contribution is -0.113. The van der Waals surface area contributed by atoms with Gasteiger partial charge < -0.3 is 4.42 Å². The standard InChI is InChI=1S/C21H12N4O4S/c22-21-25(17-3-1-2-8-23-17)20(28)16(30-21)10-12-5-7-15(29-12)11-4-6-13-14(9-11)19(27)24-18(13)26/h1-10,22H,(H,24,26,27)/b16-10-,22-21?. The van der Waals surface area contributed by atoms with Gasteiger partial charge in [0.2, 0.25) is 0 Å². The molecule has 0 unspecified atom stereocenters. The quantitative estimate of drug-likeness (QED) is 0.500. The third-order valence-electron chi connectivity index (χ3n) is 4.62. The summed E-state index contributed by atoms with van der Waals surface area (Å²) in [6, 6.07) is 13.4. The molecule has 5 rings (SSSR count). The van der Waals surface area contributed by atoms with Crippen LogP contribution in [-0.4, -0.2) is 27.9 Å². The molecule has 0 spiro atoms. The van der Waals surface area contributed by atoms with Gasteiger partial charge in [0, 0.05) is 17.8 Å². The summed E-state index contributed by atoms with van der Waals surface area (Å²) in [4.78, 5) is 42.0. The molecule has 8 nitrogen and oxygen atoms in total. The van der Waals surface area contributed by atoms with Gasteiger partial charge in [0.15, 0.2) is 5.17 Å². The lowest BCUT2D eigenvalue weighted by atomic mass is 10.0. The second kappa shape index (κ2) is 6.82. The smallest absolute Gasteiger partial charge is 0.272 e. The average Bonchev–Trinajstić information content (AvgIpc) is 3.40. The third kappa shape index (κ3) is 2.92. The highest BCUT2D eigenvalue weighted by molar-refractivity contribution is 8.19. The summed E-state index contributed by atoms with van der Waals surface area (Å²) in [5, 5.41) is 10.4. The van der Waals surface area contributed by atoms with Crippen molar-refractivity contribution < 1.29 is 18.8 Å². The van der Waals surface area contributed by atoms with Gasteiger partial charge in [-0.3, -0.25) is 25.1 Å². The van der Waals surface area contributed by atoms with Crippen LogP contribution in [0.1, 0.15) is 26.5 Å². The second-order valence-electron chi connectivity index (χ2n) is 6.49. The number of pyridine rings is 1. The first-order valence-electron chi connectivity index (χ1n) is 8.85. The molecule has 9 heteroatoms. The SMILES string of the molecule is N=C1S/C(=C\c2ccc(-c3ccc4c(c3)C(=O)NC4=O)o2)C(=O)N1c1ccccn1. The van der Waals surface area contributed by atoms with E-state index in [1.807, 2.05) is 0 Å². The maximum atomic E-state index is 12.7. The molecule has 1 fully saturated rings. The van der Waals surface area contributed by atoms with Crippen molar-refractivity contribution in [3.8, 4) is 11.3 Å². The number of anilines is 1. The van der Waals surface area contributed by atoms with Crippen molar-refractivity contribution >= 4 is 46.5 Å². The van der Waals surface area contributed by atoms with Crippen LogP contribution in [0.2, 0.25) is 0 Å². The summed E-state index contributed by atoms with van der Waals surface area (Å²) >= 11 is 1.02. The predicted molar refractivity (Wildman–Crippen MR) is 111 cm³/mol. The number of hydrogen-bond acceptors (Lipinski definition) is 7. The van der Waals surface area contributed by atoms with Crippen LogP contribution in [-0.2, 0) is 4.79 Å². The maximum absolute atomic E-state index is 12.7. The third-order valence-corrected chi connectivity index (χ3v) is 5.51. The van der Waals surface area contributed by atoms with E-state index in [0.717, 1.165) is 11.8 Å². The Morgan fingerprint density at radius 2 is 1.87 bits per heavy atom. The molecule has 2 aromatic heterocycles. The topological polar surface area (TPSA) is 116 Å². The van der Waals surface area contributed by atoms with Gasteiger partial charge in [0.1, 0.15) is 17.3 Å². The number of rotatable bonds is 3. The number of imide groups is 1. The van der Waals surface area contributed by atoms with E-state index in [4.69, 9.17) is 9.83 Å². The number of hydrogen-bond donors (Lipinski definition) is 2. The van der Waals surface area contributed by atoms with E-state index < -0.39 is 11.8 Å². The summed E-state index contributed by atoms with van der Waals surface area (Å²) < 4.78 is 5.81. The molecule has 0 aliphatic carbocycles. The average molecular weight is 416 g/mol. The zero-order valence-corrected chi connectivity index (χ0v) is 16.0. The van der Waals surface area contributed by atoms with E-state index in [0.29, 0.717) is 38.9 Å². The Balaban J connectivity index is 1.43. The number of benzene rings is 1. The first kappa shape index (κ1) is 18.1. The molecule has 0 atom stereocenters. The molecule has 0 saturated carbocycles. The van der Waals surface area contributed by atoms with E-state index in [9.17, 15) is 14.4 Å². The van der Waals surface area contributed by atoms with Crippen molar-refractivity contribution in [2.45, 2.75) is 0 Å². The van der Waals surface area contributed by atoms with E-state index in [2.05, 4.69) is 10.3 Å². The fourth-order valence-electron chi connectivity index (χ4n) is 3.22. The molecule has 3 aromatic rings. The number of carbonyl (C=O) groups excluding carboxylic acids is 3. The highest BCUT2D eigenvalue weighted by Crippen LogP contribution is 2.35. The minimum Gasteiger partial charge on any atom is -0.457 e. The van der Waals surface area contributed by atoms with Crippen molar-refractivity contribution in [1.29, 1.82) is 5.41 Å². The van der Waals surface area contributed by atoms with Crippen molar-refractivity contribution in [2.75, 3.05) is 4.90 Å². The summed E-state index contributed by atoms with van der Waals surface area (Å²) in [6.45, 7) is 0. The molecule has 3 amide bonds. The second-order valence-corrected chi connectivity index (χ2v) is 7.52. The lowest BCUT2D eigenvalue weighted by Crippen LogP contribution is -2.28. The number of amidine groups is 1. The first-order valence-corrected chi connectivity index (χ1v) is 9.66. The fourth-order valence-corrected chi connectivity index (χ4v) is 4.05. The maximum Gasteiger partial charge on any atom is 0.272 e. The lowest BCUT2D eigenvalue weighted by Gasteiger charge is -2.12. The minimum atomic E-state index is -0.438. The molecular weight excluding hydrogens is 404 g/mol. The number of amides is 3. The van der Waals surface area contributed by atoms with Crippen LogP contribution in [0.25, 0.3) is 17.4 Å². The Kier molecular flexibility index (Phi) is 4.11. The number of furan rings is 1. The predicted octanol–water partition coefficient (Wildman–Crippen LogP) is 3.28. The van der Waals surface area contributed by atoms with Gasteiger partial charge in [-0.05, 0) is 48.2 Å². The molecule has 1 aromatic carbocycles. The van der Waals surface area contributed by atoms with Crippen molar-refractivity contribution in [3.05, 3.63) is 76.5 Å². The number of carbonyl (C=O) groups is 3. The summed E-state index contributed by atoms with van der Waals surface area (Å²) in [6.07, 6.45) is 3.13. The Bertz CT molecular complexity index is 1280. The molecule has 4 heterocycles. The van der Waals surface area contributed by atoms with E-state index in [-0.39, 0.29) is 11.1 Å². The van der Waals surface area contributed by atoms with Crippen LogP contribution < -0.4 is 10.2 Å². The number of thioether (sulfide) groups is 1. The Morgan fingerprint density at radius 1 is 1.03 bits per heavy atom. The van der Waals surface area contributed by atoms with Crippen LogP contribution in [0.15, 0.2) is 64.1 Å². The molecule has 2 N–H and O–H groups in total. The fraction of sp³-hybridized carbons (Fsp3) is 0. The van der Waals surface area contributed by atoms with Crippen LogP contribution >= 0.6 is 11.8 Å². The molecule has 2 aliphatic heterocycles. The highest BCUT2D eigenvalue weighted by Gasteiger charge is 2.34. The number of nitrogens with zero attached hydrogens (tertiary/aromatic N) is 2. The first-order chi connectivity index (χ1) is 14.5. The van der Waals surface area contributed by atoms with Crippen molar-refractivity contribution in [1.82, 2.24) is 10.3 Å². The van der Waals surface area contributed by atoms with Crippen LogP contribution in [0.4, 0.5) is 5.82 Å². The van der Waals surface area contributed by atoms with Crippen LogP contribution in [0, 0.1) is 5.41 Å². The summed E-state index contributed by atoms with van der Waals surface area (Å²) in [5.74, 6) is 0.0974. The molecule has 0 bridgehead atoms. The number of fused-ring (bicyclic) bond motifs is 1. The van der Waals surface area contributed by atoms with Crippen LogP contribution in [0.3, 0.4) is 0 Å². The van der Waals surface area contributed by atoms with E-state index in [1.165, 1.54) is 4.90 Å². The Hall–Kier alpha value is -3.98. The summed E-state index contributed by atoms with van der Waals surface area (Å²) in [7, 11) is 0. The van der Waals surface area contributed by atoms with Gasteiger partial charge in [-0.2, -0.15) is 0 Å². The molecule has 2 aliphatic rings. The zero-order valence-electron chi connectivity index (χ0n) is 15.2. The Morgan fingerprint density at radius 3 is 2.67 bits per heavy atom. The van der Waals surface area contributed by atoms with Gasteiger partial charge in [-0.1, -0.05) is 12.1 Å². The highest BCUT2D eigenvalue weighted by atomic mass is 32.2. The monoisotopic (exact) mass is 416 g/mol. The normalized spacial score (nSPS) is 17.1. The molecule has 1 saturated heterocycles. The van der Waals surface area contributed by atoms with Gasteiger partial charge in [0.25, 0.3) is 17.7 Å². The zero-order chi connectivity index (χ0) is 20.8. The van der Waals surface area contributed by atoms with E-state index >= 15 is 0 Å². The van der Waals surface area contributed by atoms with Gasteiger partial charge >= 0.3 is 0 Å². The van der Waals surface area contributed by atoms with Crippen molar-refractivity contribution in [3.63, 3.8) is 0 Å². The Labute approximate surface area is 174 Å². The van der Waals surface area contributed by atoms with Crippen LogP contribution in [0.5, 0.6) is 0 Å². The van der Waals surface area contributed by atoms with Gasteiger partial charge in [-0.15, -0.1) is 0 Å². The van der Waals surface area contributed by atoms with E-state index in [1.54, 1.807) is 60.8 Å². The molecule has 146 valence electrons. The number of aromatic nitrogens is 1. The minimum absolute atomic E-state index is 0.0611. The molecular formula is C21H12N4O4S. The van der Waals surface area contributed by atoms with Gasteiger partial charge in [0.05, 0.1) is 16.0 Å².